The number of unbranched alkanes of at least 4 members (excludes halogenated alkanes) is 2. The summed E-state index contributed by atoms with van der Waals surface area (Å²) in [5.41, 5.74) is 2.67. The Bertz CT molecular complexity index is 1010. The number of ether oxygens (including phenoxy) is 2. The molecule has 2 aromatic rings. The van der Waals surface area contributed by atoms with Crippen molar-refractivity contribution in [2.75, 3.05) is 20.2 Å². The first kappa shape index (κ1) is 24.3. The Morgan fingerprint density at radius 1 is 1.16 bits per heavy atom. The number of aryl methyl sites for hydroxylation is 1. The van der Waals surface area contributed by atoms with Crippen LogP contribution in [0, 0.1) is 6.92 Å². The minimum Gasteiger partial charge on any atom is -0.507 e. The molecule has 32 heavy (non-hydrogen) atoms. The van der Waals surface area contributed by atoms with Gasteiger partial charge < -0.3 is 14.6 Å². The highest BCUT2D eigenvalue weighted by molar-refractivity contribution is 9.10. The zero-order chi connectivity index (χ0) is 23.3. The minimum atomic E-state index is -0.172. The van der Waals surface area contributed by atoms with Gasteiger partial charge in [0.2, 0.25) is 5.78 Å². The molecule has 0 saturated carbocycles. The highest BCUT2D eigenvalue weighted by atomic mass is 79.9. The van der Waals surface area contributed by atoms with E-state index in [2.05, 4.69) is 34.7 Å². The first-order valence-electron chi connectivity index (χ1n) is 11.2. The third-order valence-corrected chi connectivity index (χ3v) is 6.23. The number of carbonyl (C=O) groups excluding carboxylic acids is 1. The van der Waals surface area contributed by atoms with Crippen LogP contribution < -0.4 is 9.47 Å². The molecule has 3 rings (SSSR count). The molecule has 0 unspecified atom stereocenters. The van der Waals surface area contributed by atoms with Gasteiger partial charge >= 0.3 is 0 Å². The zero-order valence-corrected chi connectivity index (χ0v) is 20.9. The monoisotopic (exact) mass is 501 g/mol. The van der Waals surface area contributed by atoms with Gasteiger partial charge in [-0.25, -0.2) is 0 Å². The smallest absolute Gasteiger partial charge is 0.232 e. The maximum atomic E-state index is 13.3. The van der Waals surface area contributed by atoms with Crippen molar-refractivity contribution in [3.63, 3.8) is 0 Å². The molecule has 0 fully saturated rings. The van der Waals surface area contributed by atoms with Crippen molar-refractivity contribution < 1.29 is 19.4 Å². The second-order valence-electron chi connectivity index (χ2n) is 8.20. The van der Waals surface area contributed by atoms with E-state index in [1.54, 1.807) is 19.3 Å². The summed E-state index contributed by atoms with van der Waals surface area (Å²) in [7, 11) is 1.60. The largest absolute Gasteiger partial charge is 0.507 e. The predicted molar refractivity (Wildman–Crippen MR) is 132 cm³/mol. The van der Waals surface area contributed by atoms with E-state index in [1.807, 2.05) is 25.1 Å². The average Bonchev–Trinajstić information content (AvgIpc) is 3.09. The minimum absolute atomic E-state index is 0.172. The number of hydrogen-bond donors (Lipinski definition) is 1. The Hall–Kier alpha value is -2.31. The molecule has 0 saturated heterocycles. The lowest BCUT2D eigenvalue weighted by atomic mass is 9.99. The summed E-state index contributed by atoms with van der Waals surface area (Å²) in [4.78, 5) is 15.6. The van der Waals surface area contributed by atoms with Crippen molar-refractivity contribution in [3.05, 3.63) is 56.8 Å². The summed E-state index contributed by atoms with van der Waals surface area (Å²) >= 11 is 3.47. The number of rotatable bonds is 10. The van der Waals surface area contributed by atoms with Crippen LogP contribution in [0.5, 0.6) is 17.2 Å². The summed E-state index contributed by atoms with van der Waals surface area (Å²) in [6, 6.07) is 7.28. The van der Waals surface area contributed by atoms with E-state index in [9.17, 15) is 9.90 Å². The fourth-order valence-corrected chi connectivity index (χ4v) is 4.33. The highest BCUT2D eigenvalue weighted by Crippen LogP contribution is 2.42. The Morgan fingerprint density at radius 2 is 1.84 bits per heavy atom. The molecule has 0 bridgehead atoms. The van der Waals surface area contributed by atoms with Gasteiger partial charge in [-0.05, 0) is 68.8 Å². The van der Waals surface area contributed by atoms with E-state index in [-0.39, 0.29) is 17.3 Å². The average molecular weight is 502 g/mol. The van der Waals surface area contributed by atoms with E-state index >= 15 is 0 Å². The van der Waals surface area contributed by atoms with Gasteiger partial charge in [0, 0.05) is 16.6 Å². The molecule has 0 aromatic heterocycles. The number of nitrogens with zero attached hydrogens (tertiary/aromatic N) is 1. The van der Waals surface area contributed by atoms with E-state index in [1.165, 1.54) is 0 Å². The molecule has 6 heteroatoms. The van der Waals surface area contributed by atoms with Crippen LogP contribution >= 0.6 is 15.9 Å². The van der Waals surface area contributed by atoms with Crippen LogP contribution in [-0.2, 0) is 6.54 Å². The summed E-state index contributed by atoms with van der Waals surface area (Å²) < 4.78 is 12.4. The van der Waals surface area contributed by atoms with Crippen molar-refractivity contribution in [3.8, 4) is 17.2 Å². The van der Waals surface area contributed by atoms with Crippen molar-refractivity contribution >= 4 is 27.8 Å². The molecule has 0 aliphatic carbocycles. The molecule has 0 spiro atoms. The maximum absolute atomic E-state index is 13.3. The number of carbonyl (C=O) groups is 1. The number of Topliss-reactive ketones (excluding diaryl/α,β-unsaturated/α-hetero) is 1. The summed E-state index contributed by atoms with van der Waals surface area (Å²) in [6.45, 7) is 8.63. The Kier molecular flexibility index (Phi) is 8.38. The van der Waals surface area contributed by atoms with Crippen LogP contribution in [0.25, 0.3) is 6.08 Å². The quantitative estimate of drug-likeness (QED) is 0.377. The topological polar surface area (TPSA) is 59.0 Å². The van der Waals surface area contributed by atoms with Gasteiger partial charge in [0.25, 0.3) is 0 Å². The maximum Gasteiger partial charge on any atom is 0.232 e. The van der Waals surface area contributed by atoms with Gasteiger partial charge in [-0.1, -0.05) is 42.6 Å². The fraction of sp³-hybridized carbons (Fsp3) is 0.423. The number of methoxy groups -OCH3 is 1. The molecule has 0 atom stereocenters. The third kappa shape index (κ3) is 5.36. The number of fused-ring (bicyclic) bond motifs is 1. The molecule has 5 nitrogen and oxygen atoms in total. The molecule has 2 aromatic carbocycles. The van der Waals surface area contributed by atoms with Crippen LogP contribution in [0.3, 0.4) is 0 Å². The SMILES string of the molecule is CCCCN(CCCC)Cc1c(O)cc(C)c2c1O/C(=C/c1cc(Br)ccc1OC)C2=O. The first-order chi connectivity index (χ1) is 15.4. The van der Waals surface area contributed by atoms with E-state index in [4.69, 9.17) is 9.47 Å². The molecule has 1 aliphatic rings. The molecule has 0 radical (unpaired) electrons. The Balaban J connectivity index is 1.99. The lowest BCUT2D eigenvalue weighted by Crippen LogP contribution is -2.26. The number of halogens is 1. The number of ketones is 1. The van der Waals surface area contributed by atoms with Crippen molar-refractivity contribution in [1.29, 1.82) is 0 Å². The highest BCUT2D eigenvalue weighted by Gasteiger charge is 2.33. The van der Waals surface area contributed by atoms with Gasteiger partial charge in [-0.15, -0.1) is 0 Å². The van der Waals surface area contributed by atoms with Crippen LogP contribution in [0.2, 0.25) is 0 Å². The van der Waals surface area contributed by atoms with E-state index in [0.29, 0.717) is 34.7 Å². The first-order valence-corrected chi connectivity index (χ1v) is 12.0. The second kappa shape index (κ2) is 11.0. The van der Waals surface area contributed by atoms with Crippen molar-refractivity contribution in [2.24, 2.45) is 0 Å². The number of phenols is 1. The standard InChI is InChI=1S/C26H32BrNO4/c1-5-7-11-28(12-8-6-2)16-20-21(29)13-17(3)24-25(30)23(32-26(20)24)15-18-14-19(27)9-10-22(18)31-4/h9-10,13-15,29H,5-8,11-12,16H2,1-4H3/b23-15+. The molecule has 0 amide bonds. The molecule has 1 heterocycles. The molecular formula is C26H32BrNO4. The van der Waals surface area contributed by atoms with Gasteiger partial charge in [-0.2, -0.15) is 0 Å². The number of aromatic hydroxyl groups is 1. The van der Waals surface area contributed by atoms with Crippen LogP contribution in [-0.4, -0.2) is 36.0 Å². The van der Waals surface area contributed by atoms with Crippen LogP contribution in [0.1, 0.15) is 66.6 Å². The number of phenolic OH excluding ortho intramolecular Hbond substituents is 1. The van der Waals surface area contributed by atoms with Gasteiger partial charge in [-0.3, -0.25) is 9.69 Å². The van der Waals surface area contributed by atoms with Gasteiger partial charge in [0.05, 0.1) is 18.2 Å². The second-order valence-corrected chi connectivity index (χ2v) is 9.12. The van der Waals surface area contributed by atoms with E-state index < -0.39 is 0 Å². The molecule has 1 aliphatic heterocycles. The predicted octanol–water partition coefficient (Wildman–Crippen LogP) is 6.49. The molecule has 1 N–H and O–H groups in total. The normalized spacial score (nSPS) is 14.2. The van der Waals surface area contributed by atoms with Crippen LogP contribution in [0.15, 0.2) is 34.5 Å². The van der Waals surface area contributed by atoms with Crippen molar-refractivity contribution in [1.82, 2.24) is 4.90 Å². The van der Waals surface area contributed by atoms with Crippen molar-refractivity contribution in [2.45, 2.75) is 53.0 Å². The lowest BCUT2D eigenvalue weighted by molar-refractivity contribution is 0.101. The van der Waals surface area contributed by atoms with E-state index in [0.717, 1.165) is 48.8 Å². The Labute approximate surface area is 199 Å². The molecule has 172 valence electrons. The zero-order valence-electron chi connectivity index (χ0n) is 19.3. The number of hydrogen-bond acceptors (Lipinski definition) is 5. The summed E-state index contributed by atoms with van der Waals surface area (Å²) in [5, 5.41) is 10.8. The number of allylic oxidation sites excluding steroid dienone is 1. The fourth-order valence-electron chi connectivity index (χ4n) is 3.95. The van der Waals surface area contributed by atoms with Gasteiger partial charge in [0.1, 0.15) is 17.2 Å². The number of benzene rings is 2. The third-order valence-electron chi connectivity index (χ3n) is 5.74. The molecular weight excluding hydrogens is 470 g/mol. The summed E-state index contributed by atoms with van der Waals surface area (Å²) in [6.07, 6.45) is 6.10. The lowest BCUT2D eigenvalue weighted by Gasteiger charge is -2.23. The van der Waals surface area contributed by atoms with Gasteiger partial charge in [0.15, 0.2) is 5.76 Å². The summed E-state index contributed by atoms with van der Waals surface area (Å²) in [5.74, 6) is 1.37. The van der Waals surface area contributed by atoms with Crippen LogP contribution in [0.4, 0.5) is 0 Å². The Morgan fingerprint density at radius 3 is 2.47 bits per heavy atom.